The lowest BCUT2D eigenvalue weighted by Crippen LogP contribution is -2.30. The highest BCUT2D eigenvalue weighted by Crippen LogP contribution is 2.22. The molecule has 0 amide bonds. The molecule has 0 aliphatic heterocycles. The maximum Gasteiger partial charge on any atom is 0.326 e. The Labute approximate surface area is 101 Å². The highest BCUT2D eigenvalue weighted by Gasteiger charge is 2.21. The Kier molecular flexibility index (Phi) is 4.43. The summed E-state index contributed by atoms with van der Waals surface area (Å²) in [6, 6.07) is 1.05. The van der Waals surface area contributed by atoms with Crippen molar-refractivity contribution in [2.45, 2.75) is 39.7 Å². The summed E-state index contributed by atoms with van der Waals surface area (Å²) in [6.45, 7) is 6.28. The number of aliphatic carboxylic acids is 1. The van der Waals surface area contributed by atoms with E-state index in [9.17, 15) is 4.79 Å². The van der Waals surface area contributed by atoms with Gasteiger partial charge in [-0.3, -0.25) is 0 Å². The molecule has 0 radical (unpaired) electrons. The molecule has 2 N–H and O–H groups in total. The van der Waals surface area contributed by atoms with Gasteiger partial charge >= 0.3 is 5.97 Å². The molecule has 0 fully saturated rings. The maximum atomic E-state index is 11.1. The van der Waals surface area contributed by atoms with E-state index >= 15 is 0 Å². The molecular formula is C12H19N3O2. The van der Waals surface area contributed by atoms with Crippen molar-refractivity contribution < 1.29 is 9.90 Å². The minimum absolute atomic E-state index is 0.126. The number of nitrogens with one attached hydrogen (secondary N) is 1. The van der Waals surface area contributed by atoms with E-state index in [1.54, 1.807) is 12.3 Å². The predicted molar refractivity (Wildman–Crippen MR) is 65.8 cm³/mol. The van der Waals surface area contributed by atoms with Crippen molar-refractivity contribution >= 4 is 11.8 Å². The Bertz CT molecular complexity index is 360. The van der Waals surface area contributed by atoms with E-state index in [0.717, 1.165) is 6.42 Å². The first-order valence-electron chi connectivity index (χ1n) is 5.64. The molecule has 1 rings (SSSR count). The van der Waals surface area contributed by atoms with Crippen LogP contribution in [-0.2, 0) is 4.79 Å². The number of aromatic nitrogens is 2. The molecule has 94 valence electrons. The first-order chi connectivity index (χ1) is 7.88. The van der Waals surface area contributed by atoms with Crippen molar-refractivity contribution in [2.24, 2.45) is 5.41 Å². The van der Waals surface area contributed by atoms with Gasteiger partial charge in [-0.05, 0) is 24.3 Å². The third-order valence-electron chi connectivity index (χ3n) is 2.39. The van der Waals surface area contributed by atoms with E-state index in [4.69, 9.17) is 5.11 Å². The van der Waals surface area contributed by atoms with E-state index in [1.165, 1.54) is 6.33 Å². The highest BCUT2D eigenvalue weighted by molar-refractivity contribution is 5.76. The van der Waals surface area contributed by atoms with Gasteiger partial charge in [0.1, 0.15) is 18.2 Å². The summed E-state index contributed by atoms with van der Waals surface area (Å²) < 4.78 is 0. The molecule has 1 atom stereocenters. The second kappa shape index (κ2) is 5.61. The van der Waals surface area contributed by atoms with E-state index in [-0.39, 0.29) is 5.41 Å². The number of carboxylic acids is 1. The zero-order chi connectivity index (χ0) is 12.9. The summed E-state index contributed by atoms with van der Waals surface area (Å²) in [6.07, 6.45) is 4.38. The van der Waals surface area contributed by atoms with Gasteiger partial charge in [-0.2, -0.15) is 0 Å². The minimum Gasteiger partial charge on any atom is -0.480 e. The molecule has 0 aliphatic carbocycles. The Morgan fingerprint density at radius 3 is 2.71 bits per heavy atom. The summed E-state index contributed by atoms with van der Waals surface area (Å²) in [5.41, 5.74) is 0.126. The summed E-state index contributed by atoms with van der Waals surface area (Å²) in [5.74, 6) is -0.311. The summed E-state index contributed by atoms with van der Waals surface area (Å²) in [7, 11) is 0. The lowest BCUT2D eigenvalue weighted by Gasteiger charge is -2.21. The number of hydrogen-bond donors (Lipinski definition) is 2. The molecule has 0 aliphatic rings. The number of anilines is 1. The molecule has 5 heteroatoms. The van der Waals surface area contributed by atoms with Gasteiger partial charge in [0.05, 0.1) is 0 Å². The third kappa shape index (κ3) is 5.29. The normalized spacial score (nSPS) is 13.1. The molecule has 0 spiro atoms. The van der Waals surface area contributed by atoms with Gasteiger partial charge in [0, 0.05) is 6.20 Å². The molecule has 0 saturated heterocycles. The van der Waals surface area contributed by atoms with Crippen LogP contribution in [0.25, 0.3) is 0 Å². The van der Waals surface area contributed by atoms with Gasteiger partial charge in [-0.25, -0.2) is 14.8 Å². The molecule has 1 heterocycles. The van der Waals surface area contributed by atoms with Crippen LogP contribution in [0.5, 0.6) is 0 Å². The average Bonchev–Trinajstić information content (AvgIpc) is 2.24. The fourth-order valence-electron chi connectivity index (χ4n) is 1.39. The van der Waals surface area contributed by atoms with Gasteiger partial charge in [-0.15, -0.1) is 0 Å². The van der Waals surface area contributed by atoms with Crippen LogP contribution in [-0.4, -0.2) is 27.1 Å². The number of nitrogens with zero attached hydrogens (tertiary/aromatic N) is 2. The van der Waals surface area contributed by atoms with E-state index < -0.39 is 12.0 Å². The van der Waals surface area contributed by atoms with Crippen LogP contribution in [0, 0.1) is 5.41 Å². The molecule has 0 saturated carbocycles. The van der Waals surface area contributed by atoms with Crippen molar-refractivity contribution in [1.29, 1.82) is 0 Å². The third-order valence-corrected chi connectivity index (χ3v) is 2.39. The highest BCUT2D eigenvalue weighted by atomic mass is 16.4. The zero-order valence-electron chi connectivity index (χ0n) is 10.5. The van der Waals surface area contributed by atoms with Crippen LogP contribution >= 0.6 is 0 Å². The maximum absolute atomic E-state index is 11.1. The largest absolute Gasteiger partial charge is 0.480 e. The Morgan fingerprint density at radius 2 is 2.24 bits per heavy atom. The molecule has 17 heavy (non-hydrogen) atoms. The first-order valence-corrected chi connectivity index (χ1v) is 5.64. The number of carbonyl (C=O) groups is 1. The quantitative estimate of drug-likeness (QED) is 0.820. The fraction of sp³-hybridized carbons (Fsp3) is 0.583. The minimum atomic E-state index is -0.854. The molecule has 5 nitrogen and oxygen atoms in total. The van der Waals surface area contributed by atoms with Gasteiger partial charge in [0.2, 0.25) is 0 Å². The van der Waals surface area contributed by atoms with Crippen molar-refractivity contribution in [1.82, 2.24) is 9.97 Å². The molecule has 1 aromatic rings. The van der Waals surface area contributed by atoms with Crippen LogP contribution in [0.2, 0.25) is 0 Å². The summed E-state index contributed by atoms with van der Waals surface area (Å²) in [5, 5.41) is 12.0. The molecule has 1 aromatic heterocycles. The standard InChI is InChI=1S/C12H19N3O2/c1-12(2,3)6-4-9(11(16)17)15-10-5-7-13-8-14-10/h5,7-9H,4,6H2,1-3H3,(H,16,17)(H,13,14,15)/t9-/m0/s1. The van der Waals surface area contributed by atoms with Gasteiger partial charge in [-0.1, -0.05) is 20.8 Å². The van der Waals surface area contributed by atoms with Gasteiger partial charge in [0.15, 0.2) is 0 Å². The van der Waals surface area contributed by atoms with E-state index in [0.29, 0.717) is 12.2 Å². The van der Waals surface area contributed by atoms with Crippen LogP contribution < -0.4 is 5.32 Å². The lowest BCUT2D eigenvalue weighted by atomic mass is 9.88. The van der Waals surface area contributed by atoms with Crippen LogP contribution in [0.1, 0.15) is 33.6 Å². The second-order valence-electron chi connectivity index (χ2n) is 5.23. The first kappa shape index (κ1) is 13.4. The second-order valence-corrected chi connectivity index (χ2v) is 5.23. The Hall–Kier alpha value is -1.65. The lowest BCUT2D eigenvalue weighted by molar-refractivity contribution is -0.138. The fourth-order valence-corrected chi connectivity index (χ4v) is 1.39. The summed E-state index contributed by atoms with van der Waals surface area (Å²) >= 11 is 0. The Balaban J connectivity index is 2.59. The number of rotatable bonds is 5. The summed E-state index contributed by atoms with van der Waals surface area (Å²) in [4.78, 5) is 18.9. The van der Waals surface area contributed by atoms with Crippen molar-refractivity contribution in [3.05, 3.63) is 18.6 Å². The Morgan fingerprint density at radius 1 is 1.53 bits per heavy atom. The molecule has 0 bridgehead atoms. The van der Waals surface area contributed by atoms with E-state index in [1.807, 2.05) is 0 Å². The topological polar surface area (TPSA) is 75.1 Å². The van der Waals surface area contributed by atoms with E-state index in [2.05, 4.69) is 36.1 Å². The predicted octanol–water partition coefficient (Wildman–Crippen LogP) is 2.17. The van der Waals surface area contributed by atoms with Crippen LogP contribution in [0.4, 0.5) is 5.82 Å². The van der Waals surface area contributed by atoms with Crippen molar-refractivity contribution in [3.8, 4) is 0 Å². The smallest absolute Gasteiger partial charge is 0.326 e. The number of carboxylic acid groups (broad SMARTS) is 1. The van der Waals surface area contributed by atoms with Crippen molar-refractivity contribution in [2.75, 3.05) is 5.32 Å². The molecule has 0 aromatic carbocycles. The van der Waals surface area contributed by atoms with Crippen LogP contribution in [0.15, 0.2) is 18.6 Å². The van der Waals surface area contributed by atoms with Crippen LogP contribution in [0.3, 0.4) is 0 Å². The van der Waals surface area contributed by atoms with Gasteiger partial charge in [0.25, 0.3) is 0 Å². The monoisotopic (exact) mass is 237 g/mol. The molecular weight excluding hydrogens is 218 g/mol. The van der Waals surface area contributed by atoms with Crippen molar-refractivity contribution in [3.63, 3.8) is 0 Å². The van der Waals surface area contributed by atoms with Gasteiger partial charge < -0.3 is 10.4 Å². The molecule has 0 unspecified atom stereocenters. The number of hydrogen-bond acceptors (Lipinski definition) is 4. The zero-order valence-corrected chi connectivity index (χ0v) is 10.5. The average molecular weight is 237 g/mol. The SMILES string of the molecule is CC(C)(C)CC[C@H](Nc1ccncn1)C(=O)O.